The van der Waals surface area contributed by atoms with Crippen molar-refractivity contribution in [3.05, 3.63) is 29.8 Å². The van der Waals surface area contributed by atoms with Gasteiger partial charge in [-0.1, -0.05) is 13.0 Å². The van der Waals surface area contributed by atoms with Crippen LogP contribution in [0, 0.1) is 11.3 Å². The van der Waals surface area contributed by atoms with Crippen LogP contribution >= 0.6 is 0 Å². The summed E-state index contributed by atoms with van der Waals surface area (Å²) < 4.78 is 5.56. The first-order chi connectivity index (χ1) is 10.2. The molecule has 0 aliphatic carbocycles. The molecule has 0 saturated carbocycles. The molecule has 0 spiro atoms. The molecule has 1 atom stereocenters. The van der Waals surface area contributed by atoms with Crippen molar-refractivity contribution in [2.75, 3.05) is 45.9 Å². The van der Waals surface area contributed by atoms with Crippen molar-refractivity contribution in [1.82, 2.24) is 9.80 Å². The topological polar surface area (TPSA) is 59.7 Å². The number of aliphatic hydroxyl groups is 1. The number of nitriles is 1. The van der Waals surface area contributed by atoms with Crippen LogP contribution in [-0.2, 0) is 0 Å². The van der Waals surface area contributed by atoms with E-state index < -0.39 is 6.10 Å². The zero-order valence-corrected chi connectivity index (χ0v) is 12.5. The molecule has 5 heteroatoms. The summed E-state index contributed by atoms with van der Waals surface area (Å²) in [7, 11) is 0. The van der Waals surface area contributed by atoms with E-state index in [-0.39, 0.29) is 6.61 Å². The van der Waals surface area contributed by atoms with Crippen LogP contribution in [0.4, 0.5) is 0 Å². The van der Waals surface area contributed by atoms with Crippen LogP contribution in [0.1, 0.15) is 12.5 Å². The van der Waals surface area contributed by atoms with E-state index in [0.29, 0.717) is 17.9 Å². The molecule has 1 saturated heterocycles. The first kappa shape index (κ1) is 15.8. The van der Waals surface area contributed by atoms with Gasteiger partial charge in [0.05, 0.1) is 11.6 Å². The van der Waals surface area contributed by atoms with Crippen LogP contribution in [0.25, 0.3) is 0 Å². The predicted molar refractivity (Wildman–Crippen MR) is 81.2 cm³/mol. The van der Waals surface area contributed by atoms with Crippen molar-refractivity contribution in [2.45, 2.75) is 13.0 Å². The highest BCUT2D eigenvalue weighted by molar-refractivity contribution is 5.36. The van der Waals surface area contributed by atoms with Crippen LogP contribution < -0.4 is 4.74 Å². The minimum Gasteiger partial charge on any atom is -0.491 e. The van der Waals surface area contributed by atoms with E-state index in [1.165, 1.54) is 0 Å². The van der Waals surface area contributed by atoms with E-state index in [0.717, 1.165) is 32.7 Å². The molecule has 1 unspecified atom stereocenters. The Labute approximate surface area is 126 Å². The van der Waals surface area contributed by atoms with Gasteiger partial charge < -0.3 is 14.7 Å². The number of benzene rings is 1. The normalized spacial score (nSPS) is 18.1. The van der Waals surface area contributed by atoms with Crippen molar-refractivity contribution in [1.29, 1.82) is 5.26 Å². The van der Waals surface area contributed by atoms with Gasteiger partial charge in [0.25, 0.3) is 0 Å². The number of likely N-dealkylation sites (N-methyl/N-ethyl adjacent to an activating group) is 1. The van der Waals surface area contributed by atoms with Gasteiger partial charge in [0.2, 0.25) is 0 Å². The molecule has 1 aromatic carbocycles. The van der Waals surface area contributed by atoms with Crippen LogP contribution in [0.5, 0.6) is 5.75 Å². The van der Waals surface area contributed by atoms with Gasteiger partial charge in [-0.05, 0) is 24.7 Å². The van der Waals surface area contributed by atoms with Crippen molar-refractivity contribution in [3.63, 3.8) is 0 Å². The standard InChI is InChI=1S/C16H23N3O2/c1-2-18-6-8-19(9-7-18)12-15(20)13-21-16-5-3-4-14(10-16)11-17/h3-5,10,15,20H,2,6-9,12-13H2,1H3. The van der Waals surface area contributed by atoms with Crippen molar-refractivity contribution in [3.8, 4) is 11.8 Å². The second kappa shape index (κ2) is 7.99. The average Bonchev–Trinajstić information content (AvgIpc) is 2.54. The van der Waals surface area contributed by atoms with Gasteiger partial charge in [0.1, 0.15) is 18.5 Å². The minimum atomic E-state index is -0.510. The zero-order valence-electron chi connectivity index (χ0n) is 12.5. The summed E-state index contributed by atoms with van der Waals surface area (Å²) in [6.07, 6.45) is -0.510. The van der Waals surface area contributed by atoms with Crippen molar-refractivity contribution < 1.29 is 9.84 Å². The van der Waals surface area contributed by atoms with Gasteiger partial charge in [-0.2, -0.15) is 5.26 Å². The summed E-state index contributed by atoms with van der Waals surface area (Å²) >= 11 is 0. The van der Waals surface area contributed by atoms with Gasteiger partial charge in [-0.15, -0.1) is 0 Å². The fourth-order valence-corrected chi connectivity index (χ4v) is 2.49. The van der Waals surface area contributed by atoms with Crippen LogP contribution in [0.3, 0.4) is 0 Å². The molecule has 1 heterocycles. The monoisotopic (exact) mass is 289 g/mol. The number of piperazine rings is 1. The summed E-state index contributed by atoms with van der Waals surface area (Å²) in [5, 5.41) is 18.9. The summed E-state index contributed by atoms with van der Waals surface area (Å²) in [6, 6.07) is 9.08. The maximum Gasteiger partial charge on any atom is 0.120 e. The smallest absolute Gasteiger partial charge is 0.120 e. The zero-order chi connectivity index (χ0) is 15.1. The Morgan fingerprint density at radius 1 is 1.29 bits per heavy atom. The maximum atomic E-state index is 10.1. The molecule has 0 amide bonds. The molecule has 1 aliphatic rings. The number of rotatable bonds is 6. The molecular formula is C16H23N3O2. The fraction of sp³-hybridized carbons (Fsp3) is 0.562. The van der Waals surface area contributed by atoms with Crippen LogP contribution in [0.2, 0.25) is 0 Å². The maximum absolute atomic E-state index is 10.1. The molecule has 114 valence electrons. The average molecular weight is 289 g/mol. The molecule has 0 aromatic heterocycles. The lowest BCUT2D eigenvalue weighted by Crippen LogP contribution is -2.49. The molecular weight excluding hydrogens is 266 g/mol. The van der Waals surface area contributed by atoms with Crippen molar-refractivity contribution in [2.24, 2.45) is 0 Å². The fourth-order valence-electron chi connectivity index (χ4n) is 2.49. The second-order valence-electron chi connectivity index (χ2n) is 5.34. The highest BCUT2D eigenvalue weighted by Crippen LogP contribution is 2.13. The van der Waals surface area contributed by atoms with Gasteiger partial charge >= 0.3 is 0 Å². The summed E-state index contributed by atoms with van der Waals surface area (Å²) in [4.78, 5) is 4.68. The highest BCUT2D eigenvalue weighted by Gasteiger charge is 2.18. The predicted octanol–water partition coefficient (Wildman–Crippen LogP) is 0.935. The van der Waals surface area contributed by atoms with E-state index in [2.05, 4.69) is 22.8 Å². The first-order valence-electron chi connectivity index (χ1n) is 7.47. The molecule has 1 fully saturated rings. The molecule has 21 heavy (non-hydrogen) atoms. The molecule has 0 radical (unpaired) electrons. The largest absolute Gasteiger partial charge is 0.491 e. The Kier molecular flexibility index (Phi) is 6.00. The Hall–Kier alpha value is -1.61. The van der Waals surface area contributed by atoms with E-state index in [9.17, 15) is 5.11 Å². The lowest BCUT2D eigenvalue weighted by atomic mass is 10.2. The molecule has 5 nitrogen and oxygen atoms in total. The second-order valence-corrected chi connectivity index (χ2v) is 5.34. The van der Waals surface area contributed by atoms with E-state index in [4.69, 9.17) is 10.00 Å². The number of hydrogen-bond acceptors (Lipinski definition) is 5. The first-order valence-corrected chi connectivity index (χ1v) is 7.47. The van der Waals surface area contributed by atoms with E-state index in [1.54, 1.807) is 24.3 Å². The molecule has 0 bridgehead atoms. The van der Waals surface area contributed by atoms with E-state index >= 15 is 0 Å². The lowest BCUT2D eigenvalue weighted by molar-refractivity contribution is 0.0471. The Morgan fingerprint density at radius 2 is 2.00 bits per heavy atom. The summed E-state index contributed by atoms with van der Waals surface area (Å²) in [6.45, 7) is 8.27. The third-order valence-corrected chi connectivity index (χ3v) is 3.79. The van der Waals surface area contributed by atoms with Crippen LogP contribution in [0.15, 0.2) is 24.3 Å². The molecule has 2 rings (SSSR count). The minimum absolute atomic E-state index is 0.253. The third-order valence-electron chi connectivity index (χ3n) is 3.79. The van der Waals surface area contributed by atoms with Gasteiger partial charge in [0.15, 0.2) is 0 Å². The third kappa shape index (κ3) is 5.01. The summed E-state index contributed by atoms with van der Waals surface area (Å²) in [5.41, 5.74) is 0.567. The van der Waals surface area contributed by atoms with Gasteiger partial charge in [-0.3, -0.25) is 4.90 Å². The van der Waals surface area contributed by atoms with Gasteiger partial charge in [-0.25, -0.2) is 0 Å². The Bertz CT molecular complexity index is 479. The number of hydrogen-bond donors (Lipinski definition) is 1. The SMILES string of the molecule is CCN1CCN(CC(O)COc2cccc(C#N)c2)CC1. The number of ether oxygens (including phenoxy) is 1. The van der Waals surface area contributed by atoms with Gasteiger partial charge in [0, 0.05) is 32.7 Å². The Balaban J connectivity index is 1.72. The van der Waals surface area contributed by atoms with Crippen LogP contribution in [-0.4, -0.2) is 66.9 Å². The van der Waals surface area contributed by atoms with E-state index in [1.807, 2.05) is 0 Å². The lowest BCUT2D eigenvalue weighted by Gasteiger charge is -2.34. The van der Waals surface area contributed by atoms with Crippen molar-refractivity contribution >= 4 is 0 Å². The number of β-amino-alcohol motifs (C(OH)–C–C–N with tert-alkyl or cyclic N) is 1. The quantitative estimate of drug-likeness (QED) is 0.844. The number of nitrogens with zero attached hydrogens (tertiary/aromatic N) is 3. The number of aliphatic hydroxyl groups excluding tert-OH is 1. The summed E-state index contributed by atoms with van der Waals surface area (Å²) in [5.74, 6) is 0.629. The Morgan fingerprint density at radius 3 is 2.67 bits per heavy atom. The highest BCUT2D eigenvalue weighted by atomic mass is 16.5. The molecule has 1 N–H and O–H groups in total. The molecule has 1 aliphatic heterocycles. The molecule has 1 aromatic rings.